The van der Waals surface area contributed by atoms with Crippen LogP contribution in [-0.2, 0) is 4.84 Å². The van der Waals surface area contributed by atoms with Crippen LogP contribution in [0.15, 0.2) is 52.2 Å². The number of phenols is 1. The number of rotatable bonds is 1. The van der Waals surface area contributed by atoms with E-state index in [1.54, 1.807) is 35.2 Å². The molecule has 2 atom stereocenters. The molecule has 1 N–H and O–H groups in total. The summed E-state index contributed by atoms with van der Waals surface area (Å²) in [4.78, 5) is 19.5. The van der Waals surface area contributed by atoms with Crippen molar-refractivity contribution in [1.82, 2.24) is 4.90 Å². The monoisotopic (exact) mass is 322 g/mol. The van der Waals surface area contributed by atoms with Crippen LogP contribution in [0, 0.1) is 17.8 Å². The van der Waals surface area contributed by atoms with E-state index in [1.165, 1.54) is 6.26 Å². The van der Waals surface area contributed by atoms with Gasteiger partial charge >= 0.3 is 0 Å². The first-order chi connectivity index (χ1) is 11.7. The Balaban J connectivity index is 1.50. The summed E-state index contributed by atoms with van der Waals surface area (Å²) in [6, 6.07) is 10.0. The molecule has 3 heterocycles. The number of nitrogens with zero attached hydrogens (tertiary/aromatic N) is 2. The lowest BCUT2D eigenvalue weighted by Gasteiger charge is -2.20. The molecule has 2 unspecified atom stereocenters. The Morgan fingerprint density at radius 1 is 1.29 bits per heavy atom. The number of oxime groups is 1. The molecule has 1 fully saturated rings. The maximum atomic E-state index is 12.4. The minimum absolute atomic E-state index is 0.0336. The van der Waals surface area contributed by atoms with Crippen molar-refractivity contribution in [2.24, 2.45) is 11.1 Å². The Morgan fingerprint density at radius 3 is 3.00 bits per heavy atom. The first-order valence-electron chi connectivity index (χ1n) is 7.61. The fourth-order valence-corrected chi connectivity index (χ4v) is 2.94. The topological polar surface area (TPSA) is 75.3 Å². The summed E-state index contributed by atoms with van der Waals surface area (Å²) in [5, 5.41) is 13.5. The van der Waals surface area contributed by atoms with Gasteiger partial charge in [-0.15, -0.1) is 0 Å². The lowest BCUT2D eigenvalue weighted by Crippen LogP contribution is -2.37. The molecule has 0 aliphatic carbocycles. The summed E-state index contributed by atoms with van der Waals surface area (Å²) in [7, 11) is 0. The highest BCUT2D eigenvalue weighted by Gasteiger charge is 2.46. The zero-order valence-electron chi connectivity index (χ0n) is 12.7. The first kappa shape index (κ1) is 14.4. The van der Waals surface area contributed by atoms with E-state index >= 15 is 0 Å². The minimum atomic E-state index is -0.434. The van der Waals surface area contributed by atoms with Crippen molar-refractivity contribution < 1.29 is 19.2 Å². The van der Waals surface area contributed by atoms with E-state index in [0.717, 1.165) is 6.42 Å². The van der Waals surface area contributed by atoms with Crippen LogP contribution >= 0.6 is 0 Å². The summed E-state index contributed by atoms with van der Waals surface area (Å²) in [6.07, 6.45) is 1.78. The Bertz CT molecular complexity index is 861. The average molecular weight is 322 g/mol. The summed E-state index contributed by atoms with van der Waals surface area (Å²) in [5.41, 5.74) is 1.32. The van der Waals surface area contributed by atoms with E-state index in [4.69, 9.17) is 9.25 Å². The molecule has 0 bridgehead atoms. The predicted octanol–water partition coefficient (Wildman–Crippen LogP) is 2.21. The van der Waals surface area contributed by atoms with Gasteiger partial charge in [0.25, 0.3) is 5.91 Å². The highest BCUT2D eigenvalue weighted by molar-refractivity contribution is 6.04. The van der Waals surface area contributed by atoms with E-state index in [0.29, 0.717) is 23.6 Å². The van der Waals surface area contributed by atoms with E-state index in [2.05, 4.69) is 17.0 Å². The van der Waals surface area contributed by atoms with Crippen LogP contribution in [-0.4, -0.2) is 34.4 Å². The number of phenolic OH excluding ortho intramolecular Hbond substituents is 1. The number of hydrogen-bond donors (Lipinski definition) is 1. The Hall–Kier alpha value is -3.20. The number of benzene rings is 1. The van der Waals surface area contributed by atoms with Gasteiger partial charge in [0.15, 0.2) is 5.76 Å². The maximum Gasteiger partial charge on any atom is 0.292 e. The number of carbonyl (C=O) groups is 1. The van der Waals surface area contributed by atoms with Gasteiger partial charge in [0.05, 0.1) is 12.2 Å². The van der Waals surface area contributed by atoms with Crippen molar-refractivity contribution in [1.29, 1.82) is 0 Å². The third-order valence-corrected chi connectivity index (χ3v) is 4.12. The van der Waals surface area contributed by atoms with E-state index < -0.39 is 6.23 Å². The average Bonchev–Trinajstić information content (AvgIpc) is 3.30. The smallest absolute Gasteiger partial charge is 0.292 e. The number of furan rings is 1. The zero-order valence-corrected chi connectivity index (χ0v) is 12.7. The van der Waals surface area contributed by atoms with Crippen LogP contribution in [0.3, 0.4) is 0 Å². The van der Waals surface area contributed by atoms with Crippen molar-refractivity contribution in [3.05, 3.63) is 54.0 Å². The number of likely N-dealkylation sites (tertiary alicyclic amines) is 1. The van der Waals surface area contributed by atoms with E-state index in [-0.39, 0.29) is 17.6 Å². The second-order valence-corrected chi connectivity index (χ2v) is 5.64. The van der Waals surface area contributed by atoms with Gasteiger partial charge in [-0.3, -0.25) is 9.69 Å². The number of aromatic hydroxyl groups is 1. The van der Waals surface area contributed by atoms with E-state index in [1.807, 2.05) is 6.07 Å². The summed E-state index contributed by atoms with van der Waals surface area (Å²) >= 11 is 0. The van der Waals surface area contributed by atoms with Gasteiger partial charge in [-0.2, -0.15) is 0 Å². The molecule has 0 spiro atoms. The molecule has 0 radical (unpaired) electrons. The fourth-order valence-electron chi connectivity index (χ4n) is 2.94. The van der Waals surface area contributed by atoms with Gasteiger partial charge in [0.2, 0.25) is 6.23 Å². The maximum absolute atomic E-state index is 12.4. The van der Waals surface area contributed by atoms with Crippen molar-refractivity contribution in [2.45, 2.75) is 12.6 Å². The number of carbonyl (C=O) groups excluding carboxylic acids is 1. The molecule has 0 saturated carbocycles. The molecule has 6 heteroatoms. The molecule has 1 saturated heterocycles. The van der Waals surface area contributed by atoms with Crippen molar-refractivity contribution in [3.8, 4) is 17.6 Å². The van der Waals surface area contributed by atoms with Gasteiger partial charge < -0.3 is 14.4 Å². The van der Waals surface area contributed by atoms with Crippen LogP contribution in [0.25, 0.3) is 0 Å². The molecular formula is C18H14N2O4. The predicted molar refractivity (Wildman–Crippen MR) is 85.1 cm³/mol. The molecule has 2 aliphatic heterocycles. The number of fused-ring (bicyclic) bond motifs is 1. The van der Waals surface area contributed by atoms with Crippen LogP contribution in [0.2, 0.25) is 0 Å². The van der Waals surface area contributed by atoms with Crippen LogP contribution in [0.1, 0.15) is 22.5 Å². The summed E-state index contributed by atoms with van der Waals surface area (Å²) < 4.78 is 5.16. The molecule has 2 aromatic rings. The van der Waals surface area contributed by atoms with Gasteiger partial charge in [-0.25, -0.2) is 0 Å². The Labute approximate surface area is 138 Å². The van der Waals surface area contributed by atoms with Crippen molar-refractivity contribution in [2.75, 3.05) is 6.54 Å². The molecule has 2 aliphatic rings. The number of hydrogen-bond acceptors (Lipinski definition) is 5. The number of amides is 1. The molecule has 6 nitrogen and oxygen atoms in total. The summed E-state index contributed by atoms with van der Waals surface area (Å²) in [5.74, 6) is 6.18. The summed E-state index contributed by atoms with van der Waals surface area (Å²) in [6.45, 7) is 0.571. The van der Waals surface area contributed by atoms with Gasteiger partial charge in [-0.1, -0.05) is 17.1 Å². The van der Waals surface area contributed by atoms with Crippen LogP contribution in [0.5, 0.6) is 5.75 Å². The molecule has 1 aromatic heterocycles. The van der Waals surface area contributed by atoms with Crippen LogP contribution in [0.4, 0.5) is 0 Å². The molecule has 24 heavy (non-hydrogen) atoms. The molecule has 4 rings (SSSR count). The fraction of sp³-hybridized carbons (Fsp3) is 0.222. The Morgan fingerprint density at radius 2 is 2.21 bits per heavy atom. The molecular weight excluding hydrogens is 308 g/mol. The second-order valence-electron chi connectivity index (χ2n) is 5.64. The lowest BCUT2D eigenvalue weighted by molar-refractivity contribution is -0.0186. The SMILES string of the molecule is O=C(c1ccco1)N1CCC2C(C#Cc3cccc(O)c3)=NOC21. The lowest BCUT2D eigenvalue weighted by atomic mass is 10.0. The third-order valence-electron chi connectivity index (χ3n) is 4.12. The van der Waals surface area contributed by atoms with Gasteiger partial charge in [0, 0.05) is 12.1 Å². The molecule has 1 aromatic carbocycles. The highest BCUT2D eigenvalue weighted by atomic mass is 16.7. The van der Waals surface area contributed by atoms with Gasteiger partial charge in [-0.05, 0) is 42.7 Å². The minimum Gasteiger partial charge on any atom is -0.508 e. The van der Waals surface area contributed by atoms with E-state index in [9.17, 15) is 9.90 Å². The van der Waals surface area contributed by atoms with Crippen molar-refractivity contribution >= 4 is 11.6 Å². The van der Waals surface area contributed by atoms with Gasteiger partial charge in [0.1, 0.15) is 11.5 Å². The standard InChI is InChI=1S/C18H14N2O4/c21-13-4-1-3-12(11-13)6-7-15-14-8-9-20(18(14)24-19-15)17(22)16-5-2-10-23-16/h1-5,10-11,14,18,21H,8-9H2. The first-order valence-corrected chi connectivity index (χ1v) is 7.61. The normalized spacial score (nSPS) is 21.5. The molecule has 1 amide bonds. The second kappa shape index (κ2) is 5.78. The zero-order chi connectivity index (χ0) is 16.5. The Kier molecular flexibility index (Phi) is 3.47. The quantitative estimate of drug-likeness (QED) is 0.817. The third kappa shape index (κ3) is 2.50. The highest BCUT2D eigenvalue weighted by Crippen LogP contribution is 2.32. The molecule has 120 valence electrons. The van der Waals surface area contributed by atoms with Crippen LogP contribution < -0.4 is 0 Å². The largest absolute Gasteiger partial charge is 0.508 e. The van der Waals surface area contributed by atoms with Crippen molar-refractivity contribution in [3.63, 3.8) is 0 Å².